The van der Waals surface area contributed by atoms with Gasteiger partial charge in [-0.2, -0.15) is 0 Å². The van der Waals surface area contributed by atoms with Crippen LogP contribution in [0.5, 0.6) is 11.5 Å². The van der Waals surface area contributed by atoms with Crippen LogP contribution in [0.3, 0.4) is 0 Å². The van der Waals surface area contributed by atoms with Crippen molar-refractivity contribution in [1.82, 2.24) is 10.2 Å². The number of hydrogen-bond acceptors (Lipinski definition) is 5. The first-order valence-electron chi connectivity index (χ1n) is 8.82. The summed E-state index contributed by atoms with van der Waals surface area (Å²) in [6, 6.07) is 4.36. The zero-order valence-electron chi connectivity index (χ0n) is 15.3. The number of imide groups is 1. The molecular formula is C19H24N2O5. The second kappa shape index (κ2) is 6.97. The lowest BCUT2D eigenvalue weighted by atomic mass is 9.73. The monoisotopic (exact) mass is 360 g/mol. The van der Waals surface area contributed by atoms with Gasteiger partial charge >= 0.3 is 6.03 Å². The highest BCUT2D eigenvalue weighted by atomic mass is 16.5. The molecular weight excluding hydrogens is 336 g/mol. The van der Waals surface area contributed by atoms with Crippen LogP contribution in [0.15, 0.2) is 18.2 Å². The molecule has 7 nitrogen and oxygen atoms in total. The standard InChI is InChI=1S/C19H24N2O5/c1-12-6-4-5-9-19(12)17(23)21(18(24)20-19)11-15(22)14-10-13(25-2)7-8-16(14)26-3/h7-8,10,12H,4-6,9,11H2,1-3H3,(H,20,24)/t12-,19+/m1/s1. The second-order valence-corrected chi connectivity index (χ2v) is 6.93. The highest BCUT2D eigenvalue weighted by Gasteiger charge is 2.55. The van der Waals surface area contributed by atoms with Crippen LogP contribution in [0.1, 0.15) is 43.0 Å². The van der Waals surface area contributed by atoms with Crippen LogP contribution < -0.4 is 14.8 Å². The number of methoxy groups -OCH3 is 2. The highest BCUT2D eigenvalue weighted by Crippen LogP contribution is 2.38. The largest absolute Gasteiger partial charge is 0.497 e. The first-order valence-corrected chi connectivity index (χ1v) is 8.82. The summed E-state index contributed by atoms with van der Waals surface area (Å²) in [6.07, 6.45) is 3.44. The molecule has 1 aromatic carbocycles. The van der Waals surface area contributed by atoms with E-state index in [0.29, 0.717) is 17.9 Å². The van der Waals surface area contributed by atoms with Gasteiger partial charge in [0.25, 0.3) is 5.91 Å². The Morgan fingerprint density at radius 3 is 2.69 bits per heavy atom. The average Bonchev–Trinajstić information content (AvgIpc) is 2.88. The van der Waals surface area contributed by atoms with Crippen molar-refractivity contribution in [2.24, 2.45) is 5.92 Å². The van der Waals surface area contributed by atoms with E-state index in [1.54, 1.807) is 18.2 Å². The maximum atomic E-state index is 13.0. The Kier molecular flexibility index (Phi) is 4.89. The Hall–Kier alpha value is -2.57. The molecule has 0 bridgehead atoms. The Morgan fingerprint density at radius 2 is 2.04 bits per heavy atom. The number of carbonyl (C=O) groups excluding carboxylic acids is 3. The number of urea groups is 1. The van der Waals surface area contributed by atoms with Crippen LogP contribution in [-0.4, -0.2) is 48.9 Å². The number of amides is 3. The molecule has 0 unspecified atom stereocenters. The zero-order chi connectivity index (χ0) is 18.9. The molecule has 1 spiro atoms. The number of ketones is 1. The van der Waals surface area contributed by atoms with Crippen LogP contribution in [-0.2, 0) is 4.79 Å². The third-order valence-corrected chi connectivity index (χ3v) is 5.51. The lowest BCUT2D eigenvalue weighted by Crippen LogP contribution is -2.54. The molecule has 3 amide bonds. The van der Waals surface area contributed by atoms with Crippen LogP contribution >= 0.6 is 0 Å². The Morgan fingerprint density at radius 1 is 1.27 bits per heavy atom. The van der Waals surface area contributed by atoms with E-state index in [1.807, 2.05) is 6.92 Å². The number of nitrogens with zero attached hydrogens (tertiary/aromatic N) is 1. The second-order valence-electron chi connectivity index (χ2n) is 6.93. The first kappa shape index (κ1) is 18.2. The number of carbonyl (C=O) groups is 3. The predicted octanol–water partition coefficient (Wildman–Crippen LogP) is 2.39. The average molecular weight is 360 g/mol. The van der Waals surface area contributed by atoms with E-state index in [0.717, 1.165) is 24.2 Å². The van der Waals surface area contributed by atoms with Crippen molar-refractivity contribution in [2.45, 2.75) is 38.1 Å². The number of Topliss-reactive ketones (excluding diaryl/α,β-unsaturated/α-hetero) is 1. The van der Waals surface area contributed by atoms with E-state index in [4.69, 9.17) is 9.47 Å². The molecule has 1 aromatic rings. The topological polar surface area (TPSA) is 84.9 Å². The van der Waals surface area contributed by atoms with Gasteiger partial charge in [0.2, 0.25) is 0 Å². The molecule has 3 rings (SSSR count). The Balaban J connectivity index is 1.84. The molecule has 1 N–H and O–H groups in total. The predicted molar refractivity (Wildman–Crippen MR) is 94.5 cm³/mol. The fraction of sp³-hybridized carbons (Fsp3) is 0.526. The van der Waals surface area contributed by atoms with Crippen molar-refractivity contribution in [3.63, 3.8) is 0 Å². The zero-order valence-corrected chi connectivity index (χ0v) is 15.3. The summed E-state index contributed by atoms with van der Waals surface area (Å²) < 4.78 is 10.4. The fourth-order valence-electron chi connectivity index (χ4n) is 3.90. The van der Waals surface area contributed by atoms with E-state index in [2.05, 4.69) is 5.32 Å². The first-order chi connectivity index (χ1) is 12.4. The van der Waals surface area contributed by atoms with Gasteiger partial charge in [-0.25, -0.2) is 4.79 Å². The molecule has 1 saturated carbocycles. The van der Waals surface area contributed by atoms with Crippen molar-refractivity contribution in [3.05, 3.63) is 23.8 Å². The van der Waals surface area contributed by atoms with Gasteiger partial charge < -0.3 is 14.8 Å². The Bertz CT molecular complexity index is 747. The molecule has 2 aliphatic rings. The number of ether oxygens (including phenoxy) is 2. The SMILES string of the molecule is COc1ccc(OC)c(C(=O)CN2C(=O)N[C@]3(CCCC[C@H]3C)C2=O)c1. The lowest BCUT2D eigenvalue weighted by molar-refractivity contribution is -0.133. The van der Waals surface area contributed by atoms with Crippen molar-refractivity contribution >= 4 is 17.7 Å². The fourth-order valence-corrected chi connectivity index (χ4v) is 3.90. The molecule has 26 heavy (non-hydrogen) atoms. The molecule has 7 heteroatoms. The number of benzene rings is 1. The summed E-state index contributed by atoms with van der Waals surface area (Å²) >= 11 is 0. The molecule has 140 valence electrons. The summed E-state index contributed by atoms with van der Waals surface area (Å²) in [5.41, 5.74) is -0.584. The minimum atomic E-state index is -0.867. The third kappa shape index (κ3) is 2.91. The molecule has 1 aliphatic carbocycles. The van der Waals surface area contributed by atoms with Gasteiger partial charge in [0, 0.05) is 0 Å². The molecule has 1 heterocycles. The lowest BCUT2D eigenvalue weighted by Gasteiger charge is -2.36. The molecule has 2 fully saturated rings. The van der Waals surface area contributed by atoms with E-state index in [1.165, 1.54) is 14.2 Å². The summed E-state index contributed by atoms with van der Waals surface area (Å²) in [7, 11) is 2.97. The summed E-state index contributed by atoms with van der Waals surface area (Å²) in [4.78, 5) is 39.2. The number of rotatable bonds is 5. The van der Waals surface area contributed by atoms with Crippen LogP contribution in [0.2, 0.25) is 0 Å². The summed E-state index contributed by atoms with van der Waals surface area (Å²) in [6.45, 7) is 1.66. The number of hydrogen-bond donors (Lipinski definition) is 1. The summed E-state index contributed by atoms with van der Waals surface area (Å²) in [5.74, 6) is 0.265. The van der Waals surface area contributed by atoms with E-state index >= 15 is 0 Å². The van der Waals surface area contributed by atoms with E-state index in [-0.39, 0.29) is 29.7 Å². The van der Waals surface area contributed by atoms with Gasteiger partial charge in [0.05, 0.1) is 26.3 Å². The highest BCUT2D eigenvalue weighted by molar-refractivity contribution is 6.12. The third-order valence-electron chi connectivity index (χ3n) is 5.51. The van der Waals surface area contributed by atoms with Crippen molar-refractivity contribution in [1.29, 1.82) is 0 Å². The molecule has 1 saturated heterocycles. The minimum Gasteiger partial charge on any atom is -0.497 e. The number of nitrogens with one attached hydrogen (secondary N) is 1. The van der Waals surface area contributed by atoms with Gasteiger partial charge in [0.15, 0.2) is 5.78 Å². The molecule has 0 radical (unpaired) electrons. The van der Waals surface area contributed by atoms with Crippen molar-refractivity contribution in [2.75, 3.05) is 20.8 Å². The van der Waals surface area contributed by atoms with Gasteiger partial charge in [-0.15, -0.1) is 0 Å². The van der Waals surface area contributed by atoms with Gasteiger partial charge in [-0.05, 0) is 37.0 Å². The van der Waals surface area contributed by atoms with Crippen molar-refractivity contribution in [3.8, 4) is 11.5 Å². The normalized spacial score (nSPS) is 25.3. The maximum Gasteiger partial charge on any atom is 0.325 e. The molecule has 1 aliphatic heterocycles. The summed E-state index contributed by atoms with van der Waals surface area (Å²) in [5, 5.41) is 2.86. The quantitative estimate of drug-likeness (QED) is 0.644. The van der Waals surface area contributed by atoms with Gasteiger partial charge in [0.1, 0.15) is 17.0 Å². The van der Waals surface area contributed by atoms with E-state index in [9.17, 15) is 14.4 Å². The van der Waals surface area contributed by atoms with Gasteiger partial charge in [-0.3, -0.25) is 14.5 Å². The van der Waals surface area contributed by atoms with Gasteiger partial charge in [-0.1, -0.05) is 19.8 Å². The minimum absolute atomic E-state index is 0.0548. The van der Waals surface area contributed by atoms with Crippen molar-refractivity contribution < 1.29 is 23.9 Å². The van der Waals surface area contributed by atoms with Crippen LogP contribution in [0.25, 0.3) is 0 Å². The van der Waals surface area contributed by atoms with E-state index < -0.39 is 11.6 Å². The smallest absolute Gasteiger partial charge is 0.325 e. The molecule has 2 atom stereocenters. The maximum absolute atomic E-state index is 13.0. The van der Waals surface area contributed by atoms with Crippen LogP contribution in [0.4, 0.5) is 4.79 Å². The molecule has 0 aromatic heterocycles. The van der Waals surface area contributed by atoms with Crippen LogP contribution in [0, 0.1) is 5.92 Å². The Labute approximate surface area is 152 Å².